The molecule has 4 fully saturated rings. The Morgan fingerprint density at radius 3 is 2.12 bits per heavy atom. The molecular formula is C18H34IN3O2S. The lowest BCUT2D eigenvalue weighted by Crippen LogP contribution is -2.53. The number of hydrogen-bond donors (Lipinski definition) is 2. The van der Waals surface area contributed by atoms with Gasteiger partial charge < -0.3 is 10.6 Å². The predicted octanol–water partition coefficient (Wildman–Crippen LogP) is 2.81. The molecule has 4 aliphatic rings. The highest BCUT2D eigenvalue weighted by Crippen LogP contribution is 2.59. The first-order valence-corrected chi connectivity index (χ1v) is 11.5. The number of guanidine groups is 1. The molecule has 146 valence electrons. The summed E-state index contributed by atoms with van der Waals surface area (Å²) in [6.07, 6.45) is 10.4. The third-order valence-electron chi connectivity index (χ3n) is 6.32. The molecule has 0 aromatic carbocycles. The van der Waals surface area contributed by atoms with Crippen molar-refractivity contribution in [3.63, 3.8) is 0 Å². The molecule has 4 rings (SSSR count). The lowest BCUT2D eigenvalue weighted by molar-refractivity contribution is -0.0492. The minimum atomic E-state index is -2.90. The first-order valence-electron chi connectivity index (χ1n) is 9.42. The van der Waals surface area contributed by atoms with Crippen LogP contribution in [0.2, 0.25) is 0 Å². The highest BCUT2D eigenvalue weighted by Gasteiger charge is 2.50. The number of hydrogen-bond acceptors (Lipinski definition) is 3. The molecule has 0 radical (unpaired) electrons. The van der Waals surface area contributed by atoms with Gasteiger partial charge in [0.15, 0.2) is 5.96 Å². The van der Waals surface area contributed by atoms with Crippen LogP contribution in [0.1, 0.15) is 51.9 Å². The van der Waals surface area contributed by atoms with Crippen LogP contribution in [0.15, 0.2) is 4.99 Å². The van der Waals surface area contributed by atoms with E-state index < -0.39 is 9.84 Å². The Kier molecular flexibility index (Phi) is 7.07. The number of sulfone groups is 1. The quantitative estimate of drug-likeness (QED) is 0.346. The van der Waals surface area contributed by atoms with E-state index in [0.717, 1.165) is 30.3 Å². The van der Waals surface area contributed by atoms with E-state index in [-0.39, 0.29) is 35.8 Å². The third-order valence-corrected chi connectivity index (χ3v) is 7.30. The summed E-state index contributed by atoms with van der Waals surface area (Å²) in [7, 11) is -1.12. The van der Waals surface area contributed by atoms with Crippen LogP contribution in [-0.4, -0.2) is 46.0 Å². The van der Waals surface area contributed by atoms with Gasteiger partial charge in [-0.05, 0) is 75.0 Å². The standard InChI is InChI=1S/C18H33N3O2S.HI/c1-13(4-5-24(3,22)23)21-17(19-2)20-12-18-9-14-6-15(10-18)8-16(7-14)11-18;/h13-16H,4-12H2,1-3H3,(H2,19,20,21);1H. The van der Waals surface area contributed by atoms with Gasteiger partial charge in [-0.2, -0.15) is 0 Å². The Hall–Kier alpha value is -0.0500. The minimum absolute atomic E-state index is 0. The molecule has 2 N–H and O–H groups in total. The van der Waals surface area contributed by atoms with Crippen LogP contribution in [0.25, 0.3) is 0 Å². The van der Waals surface area contributed by atoms with E-state index in [1.807, 2.05) is 6.92 Å². The average Bonchev–Trinajstić information content (AvgIpc) is 2.47. The zero-order chi connectivity index (χ0) is 17.4. The fraction of sp³-hybridized carbons (Fsp3) is 0.944. The second-order valence-corrected chi connectivity index (χ2v) is 11.1. The van der Waals surface area contributed by atoms with E-state index >= 15 is 0 Å². The molecule has 0 heterocycles. The monoisotopic (exact) mass is 483 g/mol. The molecule has 4 saturated carbocycles. The maximum atomic E-state index is 11.3. The van der Waals surface area contributed by atoms with E-state index in [1.165, 1.54) is 44.8 Å². The molecule has 5 nitrogen and oxygen atoms in total. The average molecular weight is 483 g/mol. The summed E-state index contributed by atoms with van der Waals surface area (Å²) >= 11 is 0. The third kappa shape index (κ3) is 5.71. The van der Waals surface area contributed by atoms with E-state index in [0.29, 0.717) is 11.8 Å². The summed E-state index contributed by atoms with van der Waals surface area (Å²) in [4.78, 5) is 4.33. The van der Waals surface area contributed by atoms with Gasteiger partial charge in [0.1, 0.15) is 9.84 Å². The van der Waals surface area contributed by atoms with Crippen molar-refractivity contribution in [1.29, 1.82) is 0 Å². The molecule has 1 unspecified atom stereocenters. The van der Waals surface area contributed by atoms with Gasteiger partial charge >= 0.3 is 0 Å². The minimum Gasteiger partial charge on any atom is -0.356 e. The van der Waals surface area contributed by atoms with E-state index in [9.17, 15) is 8.42 Å². The molecule has 4 bridgehead atoms. The molecule has 1 atom stereocenters. The van der Waals surface area contributed by atoms with Crippen LogP contribution < -0.4 is 10.6 Å². The molecule has 7 heteroatoms. The summed E-state index contributed by atoms with van der Waals surface area (Å²) < 4.78 is 22.6. The molecule has 0 saturated heterocycles. The van der Waals surface area contributed by atoms with Gasteiger partial charge in [0.2, 0.25) is 0 Å². The van der Waals surface area contributed by atoms with Crippen molar-refractivity contribution >= 4 is 39.8 Å². The summed E-state index contributed by atoms with van der Waals surface area (Å²) in [5.41, 5.74) is 0.475. The number of aliphatic imine (C=N–C) groups is 1. The van der Waals surface area contributed by atoms with Crippen molar-refractivity contribution in [3.05, 3.63) is 0 Å². The second-order valence-electron chi connectivity index (χ2n) is 8.81. The molecule has 0 aromatic heterocycles. The number of nitrogens with zero attached hydrogens (tertiary/aromatic N) is 1. The molecule has 25 heavy (non-hydrogen) atoms. The summed E-state index contributed by atoms with van der Waals surface area (Å²) in [6, 6.07) is 0.0993. The fourth-order valence-electron chi connectivity index (χ4n) is 5.67. The van der Waals surface area contributed by atoms with Gasteiger partial charge in [0.25, 0.3) is 0 Å². The Balaban J connectivity index is 0.00000225. The van der Waals surface area contributed by atoms with Gasteiger partial charge in [0.05, 0.1) is 5.75 Å². The zero-order valence-electron chi connectivity index (χ0n) is 15.8. The summed E-state index contributed by atoms with van der Waals surface area (Å²) in [5, 5.41) is 6.89. The SMILES string of the molecule is CN=C(NCC12CC3CC(CC(C3)C1)C2)NC(C)CCS(C)(=O)=O.I. The van der Waals surface area contributed by atoms with Crippen LogP contribution in [0.3, 0.4) is 0 Å². The van der Waals surface area contributed by atoms with E-state index in [4.69, 9.17) is 0 Å². The smallest absolute Gasteiger partial charge is 0.191 e. The Bertz CT molecular complexity index is 556. The van der Waals surface area contributed by atoms with Crippen molar-refractivity contribution in [3.8, 4) is 0 Å². The van der Waals surface area contributed by atoms with Crippen molar-refractivity contribution in [2.45, 2.75) is 57.9 Å². The number of nitrogens with one attached hydrogen (secondary N) is 2. The number of rotatable bonds is 6. The molecule has 0 spiro atoms. The first-order chi connectivity index (χ1) is 11.3. The van der Waals surface area contributed by atoms with Crippen molar-refractivity contribution in [2.75, 3.05) is 25.6 Å². The molecule has 4 aliphatic carbocycles. The van der Waals surface area contributed by atoms with Gasteiger partial charge in [-0.25, -0.2) is 8.42 Å². The van der Waals surface area contributed by atoms with Crippen LogP contribution in [0.5, 0.6) is 0 Å². The van der Waals surface area contributed by atoms with Crippen LogP contribution in [0.4, 0.5) is 0 Å². The van der Waals surface area contributed by atoms with Gasteiger partial charge in [0, 0.05) is 25.9 Å². The summed E-state index contributed by atoms with van der Waals surface area (Å²) in [5.74, 6) is 3.91. The first kappa shape index (κ1) is 21.3. The lowest BCUT2D eigenvalue weighted by atomic mass is 9.49. The molecular weight excluding hydrogens is 449 g/mol. The maximum Gasteiger partial charge on any atom is 0.191 e. The fourth-order valence-corrected chi connectivity index (χ4v) is 6.45. The van der Waals surface area contributed by atoms with Gasteiger partial charge in [-0.1, -0.05) is 0 Å². The maximum absolute atomic E-state index is 11.3. The molecule has 0 amide bonds. The van der Waals surface area contributed by atoms with Crippen LogP contribution in [-0.2, 0) is 9.84 Å². The largest absolute Gasteiger partial charge is 0.356 e. The highest BCUT2D eigenvalue weighted by molar-refractivity contribution is 14.0. The second kappa shape index (κ2) is 8.31. The Labute approximate surface area is 170 Å². The Morgan fingerprint density at radius 1 is 1.16 bits per heavy atom. The van der Waals surface area contributed by atoms with Gasteiger partial charge in [-0.15, -0.1) is 24.0 Å². The van der Waals surface area contributed by atoms with Crippen molar-refractivity contribution < 1.29 is 8.42 Å². The number of halogens is 1. The topological polar surface area (TPSA) is 70.6 Å². The zero-order valence-corrected chi connectivity index (χ0v) is 18.9. The Morgan fingerprint density at radius 2 is 1.68 bits per heavy atom. The normalized spacial score (nSPS) is 35.2. The predicted molar refractivity (Wildman–Crippen MR) is 114 cm³/mol. The molecule has 0 aromatic rings. The van der Waals surface area contributed by atoms with E-state index in [1.54, 1.807) is 7.05 Å². The summed E-state index contributed by atoms with van der Waals surface area (Å²) in [6.45, 7) is 3.03. The highest BCUT2D eigenvalue weighted by atomic mass is 127. The van der Waals surface area contributed by atoms with Crippen molar-refractivity contribution in [2.24, 2.45) is 28.2 Å². The van der Waals surface area contributed by atoms with Crippen LogP contribution in [0, 0.1) is 23.2 Å². The lowest BCUT2D eigenvalue weighted by Gasteiger charge is -2.57. The van der Waals surface area contributed by atoms with Gasteiger partial charge in [-0.3, -0.25) is 4.99 Å². The molecule has 0 aliphatic heterocycles. The van der Waals surface area contributed by atoms with Crippen LogP contribution >= 0.6 is 24.0 Å². The van der Waals surface area contributed by atoms with E-state index in [2.05, 4.69) is 15.6 Å². The van der Waals surface area contributed by atoms with Crippen molar-refractivity contribution in [1.82, 2.24) is 10.6 Å².